The first kappa shape index (κ1) is 14.5. The molecule has 1 atom stereocenters. The van der Waals surface area contributed by atoms with E-state index < -0.39 is 5.97 Å². The number of ether oxygens (including phenoxy) is 1. The highest BCUT2D eigenvalue weighted by atomic mass is 16.5. The number of esters is 1. The summed E-state index contributed by atoms with van der Waals surface area (Å²) in [4.78, 5) is 36.0. The van der Waals surface area contributed by atoms with Crippen LogP contribution >= 0.6 is 0 Å². The maximum atomic E-state index is 11.7. The van der Waals surface area contributed by atoms with Gasteiger partial charge in [-0.15, -0.1) is 0 Å². The third-order valence-electron chi connectivity index (χ3n) is 2.81. The number of hydrogen-bond acceptors (Lipinski definition) is 4. The molecule has 1 aliphatic rings. The van der Waals surface area contributed by atoms with E-state index in [9.17, 15) is 14.4 Å². The zero-order chi connectivity index (χ0) is 13.7. The van der Waals surface area contributed by atoms with Crippen molar-refractivity contribution in [2.24, 2.45) is 11.8 Å². The standard InChI is InChI=1S/C12H20N2O4/c1-8(2)6-14-7-9(4-10(14)15)12(17)13-5-11(16)18-3/h8-9H,4-7H2,1-3H3,(H,13,17)/t9-/m1/s1. The van der Waals surface area contributed by atoms with E-state index in [0.717, 1.165) is 0 Å². The first-order valence-electron chi connectivity index (χ1n) is 6.06. The number of likely N-dealkylation sites (tertiary alicyclic amines) is 1. The Morgan fingerprint density at radius 2 is 2.17 bits per heavy atom. The second-order valence-electron chi connectivity index (χ2n) is 4.89. The molecule has 0 bridgehead atoms. The average Bonchev–Trinajstić information content (AvgIpc) is 2.66. The van der Waals surface area contributed by atoms with E-state index in [2.05, 4.69) is 10.1 Å². The predicted molar refractivity (Wildman–Crippen MR) is 64.6 cm³/mol. The number of rotatable bonds is 5. The fourth-order valence-corrected chi connectivity index (χ4v) is 1.94. The predicted octanol–water partition coefficient (Wildman–Crippen LogP) is -0.220. The van der Waals surface area contributed by atoms with Crippen molar-refractivity contribution in [1.29, 1.82) is 0 Å². The number of nitrogens with one attached hydrogen (secondary N) is 1. The Hall–Kier alpha value is -1.59. The van der Waals surface area contributed by atoms with Gasteiger partial charge in [0.15, 0.2) is 0 Å². The molecule has 1 fully saturated rings. The lowest BCUT2D eigenvalue weighted by Gasteiger charge is -2.18. The number of carbonyl (C=O) groups excluding carboxylic acids is 3. The molecule has 0 aromatic rings. The number of carbonyl (C=O) groups is 3. The molecule has 1 saturated heterocycles. The smallest absolute Gasteiger partial charge is 0.325 e. The second kappa shape index (κ2) is 6.37. The minimum atomic E-state index is -0.494. The fraction of sp³-hybridized carbons (Fsp3) is 0.750. The molecule has 0 spiro atoms. The second-order valence-corrected chi connectivity index (χ2v) is 4.89. The third kappa shape index (κ3) is 4.01. The van der Waals surface area contributed by atoms with Gasteiger partial charge in [0.2, 0.25) is 11.8 Å². The summed E-state index contributed by atoms with van der Waals surface area (Å²) in [6.45, 7) is 5.00. The van der Waals surface area contributed by atoms with Gasteiger partial charge in [0.05, 0.1) is 13.0 Å². The van der Waals surface area contributed by atoms with Crippen LogP contribution in [0.2, 0.25) is 0 Å². The minimum Gasteiger partial charge on any atom is -0.468 e. The normalized spacial score (nSPS) is 19.2. The number of hydrogen-bond donors (Lipinski definition) is 1. The molecule has 0 aromatic heterocycles. The molecule has 1 rings (SSSR count). The van der Waals surface area contributed by atoms with E-state index >= 15 is 0 Å². The van der Waals surface area contributed by atoms with Crippen molar-refractivity contribution < 1.29 is 19.1 Å². The Labute approximate surface area is 107 Å². The van der Waals surface area contributed by atoms with Gasteiger partial charge in [0.1, 0.15) is 6.54 Å². The van der Waals surface area contributed by atoms with E-state index in [1.165, 1.54) is 7.11 Å². The Balaban J connectivity index is 2.42. The molecule has 6 heteroatoms. The summed E-state index contributed by atoms with van der Waals surface area (Å²) in [5.74, 6) is -0.736. The highest BCUT2D eigenvalue weighted by Gasteiger charge is 2.34. The molecule has 0 saturated carbocycles. The van der Waals surface area contributed by atoms with Crippen LogP contribution in [0.4, 0.5) is 0 Å². The SMILES string of the molecule is COC(=O)CNC(=O)[C@@H]1CC(=O)N(CC(C)C)C1. The van der Waals surface area contributed by atoms with Crippen molar-refractivity contribution >= 4 is 17.8 Å². The minimum absolute atomic E-state index is 0.00178. The summed E-state index contributed by atoms with van der Waals surface area (Å²) >= 11 is 0. The van der Waals surface area contributed by atoms with Crippen LogP contribution in [0.3, 0.4) is 0 Å². The highest BCUT2D eigenvalue weighted by Crippen LogP contribution is 2.18. The van der Waals surface area contributed by atoms with Crippen LogP contribution in [0.1, 0.15) is 20.3 Å². The summed E-state index contributed by atoms with van der Waals surface area (Å²) in [7, 11) is 1.26. The number of methoxy groups -OCH3 is 1. The number of amides is 2. The first-order valence-corrected chi connectivity index (χ1v) is 6.06. The van der Waals surface area contributed by atoms with Gasteiger partial charge in [0.25, 0.3) is 0 Å². The monoisotopic (exact) mass is 256 g/mol. The van der Waals surface area contributed by atoms with Crippen molar-refractivity contribution in [3.8, 4) is 0 Å². The van der Waals surface area contributed by atoms with Gasteiger partial charge in [0, 0.05) is 19.5 Å². The zero-order valence-electron chi connectivity index (χ0n) is 11.1. The van der Waals surface area contributed by atoms with Crippen LogP contribution in [0.25, 0.3) is 0 Å². The van der Waals surface area contributed by atoms with Crippen molar-refractivity contribution in [3.05, 3.63) is 0 Å². The summed E-state index contributed by atoms with van der Waals surface area (Å²) in [5.41, 5.74) is 0. The Kier molecular flexibility index (Phi) is 5.12. The quantitative estimate of drug-likeness (QED) is 0.690. The molecule has 2 amide bonds. The third-order valence-corrected chi connectivity index (χ3v) is 2.81. The van der Waals surface area contributed by atoms with Crippen molar-refractivity contribution in [2.75, 3.05) is 26.7 Å². The van der Waals surface area contributed by atoms with Crippen LogP contribution in [-0.2, 0) is 19.1 Å². The van der Waals surface area contributed by atoms with Crippen LogP contribution in [0.15, 0.2) is 0 Å². The van der Waals surface area contributed by atoms with Gasteiger partial charge in [-0.05, 0) is 5.92 Å². The van der Waals surface area contributed by atoms with E-state index in [0.29, 0.717) is 19.0 Å². The summed E-state index contributed by atoms with van der Waals surface area (Å²) in [5, 5.41) is 2.48. The van der Waals surface area contributed by atoms with Crippen molar-refractivity contribution in [1.82, 2.24) is 10.2 Å². The maximum Gasteiger partial charge on any atom is 0.325 e. The maximum absolute atomic E-state index is 11.7. The molecule has 1 heterocycles. The van der Waals surface area contributed by atoms with Crippen LogP contribution < -0.4 is 5.32 Å². The van der Waals surface area contributed by atoms with Gasteiger partial charge in [-0.2, -0.15) is 0 Å². The zero-order valence-corrected chi connectivity index (χ0v) is 11.1. The molecular formula is C12H20N2O4. The topological polar surface area (TPSA) is 75.7 Å². The molecule has 0 unspecified atom stereocenters. The lowest BCUT2D eigenvalue weighted by atomic mass is 10.1. The van der Waals surface area contributed by atoms with Crippen molar-refractivity contribution in [3.63, 3.8) is 0 Å². The van der Waals surface area contributed by atoms with Gasteiger partial charge in [-0.25, -0.2) is 0 Å². The molecule has 1 N–H and O–H groups in total. The Morgan fingerprint density at radius 3 is 2.72 bits per heavy atom. The van der Waals surface area contributed by atoms with E-state index in [-0.39, 0.29) is 30.7 Å². The number of nitrogens with zero attached hydrogens (tertiary/aromatic N) is 1. The summed E-state index contributed by atoms with van der Waals surface area (Å²) < 4.78 is 4.43. The largest absolute Gasteiger partial charge is 0.468 e. The summed E-state index contributed by atoms with van der Waals surface area (Å²) in [6, 6.07) is 0. The van der Waals surface area contributed by atoms with Crippen LogP contribution in [0, 0.1) is 11.8 Å². The molecular weight excluding hydrogens is 236 g/mol. The average molecular weight is 256 g/mol. The van der Waals surface area contributed by atoms with E-state index in [1.54, 1.807) is 4.90 Å². The molecule has 102 valence electrons. The van der Waals surface area contributed by atoms with Gasteiger partial charge in [-0.1, -0.05) is 13.8 Å². The highest BCUT2D eigenvalue weighted by molar-refractivity contribution is 5.90. The Bertz CT molecular complexity index is 341. The molecule has 0 aliphatic carbocycles. The molecule has 1 aliphatic heterocycles. The lowest BCUT2D eigenvalue weighted by Crippen LogP contribution is -2.36. The molecule has 0 radical (unpaired) electrons. The molecule has 0 aromatic carbocycles. The van der Waals surface area contributed by atoms with Crippen LogP contribution in [0.5, 0.6) is 0 Å². The van der Waals surface area contributed by atoms with Gasteiger partial charge in [-0.3, -0.25) is 14.4 Å². The van der Waals surface area contributed by atoms with Crippen molar-refractivity contribution in [2.45, 2.75) is 20.3 Å². The van der Waals surface area contributed by atoms with E-state index in [1.807, 2.05) is 13.8 Å². The Morgan fingerprint density at radius 1 is 1.50 bits per heavy atom. The molecule has 18 heavy (non-hydrogen) atoms. The fourth-order valence-electron chi connectivity index (χ4n) is 1.94. The first-order chi connectivity index (χ1) is 8.43. The summed E-state index contributed by atoms with van der Waals surface area (Å²) in [6.07, 6.45) is 0.222. The van der Waals surface area contributed by atoms with E-state index in [4.69, 9.17) is 0 Å². The lowest BCUT2D eigenvalue weighted by molar-refractivity contribution is -0.141. The van der Waals surface area contributed by atoms with Gasteiger partial charge >= 0.3 is 5.97 Å². The van der Waals surface area contributed by atoms with Crippen LogP contribution in [-0.4, -0.2) is 49.4 Å². The van der Waals surface area contributed by atoms with Gasteiger partial charge < -0.3 is 15.0 Å². The molecule has 6 nitrogen and oxygen atoms in total.